The first kappa shape index (κ1) is 16.5. The molecule has 0 radical (unpaired) electrons. The second-order valence-corrected chi connectivity index (χ2v) is 8.79. The van der Waals surface area contributed by atoms with Crippen LogP contribution in [-0.4, -0.2) is 29.8 Å². The molecule has 1 fully saturated rings. The maximum Gasteiger partial charge on any atom is 0.366 e. The Morgan fingerprint density at radius 3 is 2.33 bits per heavy atom. The lowest BCUT2D eigenvalue weighted by atomic mass is 10.1. The summed E-state index contributed by atoms with van der Waals surface area (Å²) in [7, 11) is -0.528. The van der Waals surface area contributed by atoms with Gasteiger partial charge in [0.2, 0.25) is 5.91 Å². The minimum atomic E-state index is -1.88. The average molecular weight is 350 g/mol. The van der Waals surface area contributed by atoms with Gasteiger partial charge in [-0.15, -0.1) is 0 Å². The minimum Gasteiger partial charge on any atom is -0.461 e. The second-order valence-electron chi connectivity index (χ2n) is 4.86. The van der Waals surface area contributed by atoms with Crippen LogP contribution in [0.4, 0.5) is 4.79 Å². The van der Waals surface area contributed by atoms with Crippen molar-refractivity contribution >= 4 is 44.6 Å². The van der Waals surface area contributed by atoms with Crippen LogP contribution in [0.25, 0.3) is 0 Å². The van der Waals surface area contributed by atoms with Crippen LogP contribution in [0.15, 0.2) is 18.2 Å². The van der Waals surface area contributed by atoms with Crippen LogP contribution < -0.4 is 4.72 Å². The van der Waals surface area contributed by atoms with E-state index < -0.39 is 10.2 Å². The monoisotopic (exact) mass is 349 g/mol. The smallest absolute Gasteiger partial charge is 0.366 e. The molecule has 1 aromatic carbocycles. The molecule has 0 atom stereocenters. The molecule has 4 nitrogen and oxygen atoms in total. The van der Waals surface area contributed by atoms with Crippen LogP contribution in [-0.2, 0) is 16.0 Å². The van der Waals surface area contributed by atoms with Crippen LogP contribution >= 0.6 is 33.4 Å². The molecule has 1 saturated heterocycles. The van der Waals surface area contributed by atoms with Gasteiger partial charge in [-0.2, -0.15) is 0 Å². The Morgan fingerprint density at radius 2 is 1.81 bits per heavy atom. The van der Waals surface area contributed by atoms with Crippen molar-refractivity contribution < 1.29 is 14.3 Å². The van der Waals surface area contributed by atoms with Crippen LogP contribution in [0.3, 0.4) is 0 Å². The fraction of sp³-hybridized carbons (Fsp3) is 0.429. The van der Waals surface area contributed by atoms with Crippen molar-refractivity contribution in [3.8, 4) is 0 Å². The molecule has 1 aromatic rings. The van der Waals surface area contributed by atoms with Crippen molar-refractivity contribution in [1.82, 2.24) is 4.72 Å². The lowest BCUT2D eigenvalue weighted by molar-refractivity contribution is -0.118. The number of halogens is 2. The highest BCUT2D eigenvalue weighted by Gasteiger charge is 2.38. The van der Waals surface area contributed by atoms with E-state index in [4.69, 9.17) is 27.9 Å². The molecule has 0 aromatic heterocycles. The molecule has 0 aliphatic carbocycles. The molecular weight excluding hydrogens is 333 g/mol. The normalized spacial score (nSPS) is 18.0. The minimum absolute atomic E-state index is 0.0598. The highest BCUT2D eigenvalue weighted by Crippen LogP contribution is 2.51. The summed E-state index contributed by atoms with van der Waals surface area (Å²) in [5.74, 6) is 1.12. The molecular formula is C14H17Cl2NO3S. The van der Waals surface area contributed by atoms with E-state index in [0.29, 0.717) is 27.1 Å². The van der Waals surface area contributed by atoms with Gasteiger partial charge in [0.15, 0.2) is 0 Å². The number of ether oxygens (including phenoxy) is 1. The Hall–Kier alpha value is -0.910. The number of methoxy groups -OCH3 is 1. The third kappa shape index (κ3) is 3.65. The molecule has 0 saturated carbocycles. The number of carbonyl (C=O) groups is 2. The number of nitrogens with one attached hydrogen (secondary N) is 1. The van der Waals surface area contributed by atoms with Crippen molar-refractivity contribution in [2.75, 3.05) is 18.6 Å². The third-order valence-electron chi connectivity index (χ3n) is 3.43. The van der Waals surface area contributed by atoms with E-state index in [-0.39, 0.29) is 17.6 Å². The van der Waals surface area contributed by atoms with Crippen LogP contribution in [0, 0.1) is 0 Å². The first-order valence-electron chi connectivity index (χ1n) is 6.59. The number of rotatable bonds is 2. The Labute approximate surface area is 135 Å². The summed E-state index contributed by atoms with van der Waals surface area (Å²) in [6.45, 7) is 0. The Kier molecular flexibility index (Phi) is 5.41. The van der Waals surface area contributed by atoms with E-state index in [1.54, 1.807) is 18.2 Å². The molecule has 116 valence electrons. The van der Waals surface area contributed by atoms with Crippen LogP contribution in [0.1, 0.15) is 18.4 Å². The molecule has 7 heteroatoms. The van der Waals surface area contributed by atoms with Crippen LogP contribution in [0.5, 0.6) is 0 Å². The summed E-state index contributed by atoms with van der Waals surface area (Å²) in [4.78, 5) is 24.3. The maximum absolute atomic E-state index is 12.3. The number of benzene rings is 1. The van der Waals surface area contributed by atoms with Crippen molar-refractivity contribution in [2.24, 2.45) is 0 Å². The summed E-state index contributed by atoms with van der Waals surface area (Å²) in [5, 5.41) is 0.594. The van der Waals surface area contributed by atoms with Gasteiger partial charge in [0.05, 0.1) is 13.5 Å². The van der Waals surface area contributed by atoms with E-state index in [9.17, 15) is 9.59 Å². The lowest BCUT2D eigenvalue weighted by Gasteiger charge is -2.32. The molecule has 0 spiro atoms. The second kappa shape index (κ2) is 6.90. The van der Waals surface area contributed by atoms with Gasteiger partial charge < -0.3 is 9.46 Å². The highest BCUT2D eigenvalue weighted by molar-refractivity contribution is 8.44. The van der Waals surface area contributed by atoms with Gasteiger partial charge in [0.25, 0.3) is 0 Å². The van der Waals surface area contributed by atoms with Gasteiger partial charge in [-0.25, -0.2) is 4.79 Å². The molecule has 2 rings (SSSR count). The van der Waals surface area contributed by atoms with Gasteiger partial charge >= 0.3 is 5.30 Å². The van der Waals surface area contributed by atoms with Crippen molar-refractivity contribution in [2.45, 2.75) is 19.3 Å². The SMILES string of the molecule is COC(=O)S1(NC(=O)Cc2c(Cl)cccc2Cl)CCCC1. The van der Waals surface area contributed by atoms with Gasteiger partial charge in [0.1, 0.15) is 0 Å². The standard InChI is InChI=1S/C14H17Cl2NO3S/c1-20-14(19)21(7-2-3-8-21)17-13(18)9-10-11(15)5-4-6-12(10)16/h4-6H,2-3,7-9H2,1H3,(H,17,18). The predicted molar refractivity (Wildman–Crippen MR) is 87.3 cm³/mol. The van der Waals surface area contributed by atoms with Crippen molar-refractivity contribution in [3.63, 3.8) is 0 Å². The lowest BCUT2D eigenvalue weighted by Crippen LogP contribution is -2.35. The van der Waals surface area contributed by atoms with E-state index in [2.05, 4.69) is 4.72 Å². The fourth-order valence-corrected chi connectivity index (χ4v) is 5.96. The number of amides is 1. The Balaban J connectivity index is 2.12. The zero-order valence-electron chi connectivity index (χ0n) is 11.7. The third-order valence-corrected chi connectivity index (χ3v) is 7.53. The van der Waals surface area contributed by atoms with Gasteiger partial charge in [0, 0.05) is 21.6 Å². The van der Waals surface area contributed by atoms with E-state index in [0.717, 1.165) is 12.8 Å². The Morgan fingerprint density at radius 1 is 1.24 bits per heavy atom. The van der Waals surface area contributed by atoms with Gasteiger partial charge in [-0.05, 0) is 30.5 Å². The van der Waals surface area contributed by atoms with E-state index in [1.165, 1.54) is 7.11 Å². The van der Waals surface area contributed by atoms with Crippen LogP contribution in [0.2, 0.25) is 10.0 Å². The molecule has 1 N–H and O–H groups in total. The Bertz CT molecular complexity index is 539. The average Bonchev–Trinajstić information content (AvgIpc) is 2.92. The van der Waals surface area contributed by atoms with Crippen molar-refractivity contribution in [1.29, 1.82) is 0 Å². The highest BCUT2D eigenvalue weighted by atomic mass is 35.5. The van der Waals surface area contributed by atoms with Gasteiger partial charge in [-0.1, -0.05) is 39.5 Å². The van der Waals surface area contributed by atoms with E-state index in [1.807, 2.05) is 0 Å². The summed E-state index contributed by atoms with van der Waals surface area (Å²) in [5.41, 5.74) is 0.579. The molecule has 0 bridgehead atoms. The summed E-state index contributed by atoms with van der Waals surface area (Å²) >= 11 is 12.1. The first-order valence-corrected chi connectivity index (χ1v) is 9.31. The molecule has 1 aliphatic rings. The topological polar surface area (TPSA) is 55.4 Å². The first-order chi connectivity index (χ1) is 9.98. The van der Waals surface area contributed by atoms with Crippen molar-refractivity contribution in [3.05, 3.63) is 33.8 Å². The molecule has 1 amide bonds. The predicted octanol–water partition coefficient (Wildman–Crippen LogP) is 3.93. The summed E-state index contributed by atoms with van der Waals surface area (Å²) in [6, 6.07) is 5.10. The van der Waals surface area contributed by atoms with Gasteiger partial charge in [-0.3, -0.25) is 4.79 Å². The van der Waals surface area contributed by atoms with E-state index >= 15 is 0 Å². The number of hydrogen-bond donors (Lipinski definition) is 1. The molecule has 1 heterocycles. The molecule has 1 aliphatic heterocycles. The zero-order valence-corrected chi connectivity index (χ0v) is 14.0. The summed E-state index contributed by atoms with van der Waals surface area (Å²) < 4.78 is 7.77. The number of hydrogen-bond acceptors (Lipinski definition) is 3. The maximum atomic E-state index is 12.3. The fourth-order valence-electron chi connectivity index (χ4n) is 2.38. The number of carbonyl (C=O) groups excluding carboxylic acids is 2. The zero-order chi connectivity index (χ0) is 15.5. The molecule has 0 unspecified atom stereocenters. The largest absolute Gasteiger partial charge is 0.461 e. The summed E-state index contributed by atoms with van der Waals surface area (Å²) in [6.07, 6.45) is 1.92. The molecule has 21 heavy (non-hydrogen) atoms. The quantitative estimate of drug-likeness (QED) is 0.822.